The summed E-state index contributed by atoms with van der Waals surface area (Å²) in [6.45, 7) is 1.71. The monoisotopic (exact) mass is 358 g/mol. The number of nitrogens with zero attached hydrogens (tertiary/aromatic N) is 1. The number of nitrogens with one attached hydrogen (secondary N) is 1. The molecule has 1 N–H and O–H groups in total. The van der Waals surface area contributed by atoms with Crippen molar-refractivity contribution >= 4 is 22.9 Å². The Morgan fingerprint density at radius 1 is 1.20 bits per heavy atom. The molecule has 0 radical (unpaired) electrons. The molecule has 3 rings (SSSR count). The Kier molecular flexibility index (Phi) is 6.10. The third kappa shape index (κ3) is 4.83. The summed E-state index contributed by atoms with van der Waals surface area (Å²) >= 11 is 1.72. The highest BCUT2D eigenvalue weighted by Crippen LogP contribution is 2.30. The molecule has 2 aromatic rings. The highest BCUT2D eigenvalue weighted by molar-refractivity contribution is 7.10. The van der Waals surface area contributed by atoms with Gasteiger partial charge in [0.25, 0.3) is 5.91 Å². The quantitative estimate of drug-likeness (QED) is 0.754. The van der Waals surface area contributed by atoms with Crippen molar-refractivity contribution in [3.63, 3.8) is 0 Å². The van der Waals surface area contributed by atoms with Gasteiger partial charge in [0.2, 0.25) is 0 Å². The van der Waals surface area contributed by atoms with Crippen LogP contribution in [-0.2, 0) is 12.8 Å². The van der Waals surface area contributed by atoms with E-state index in [1.54, 1.807) is 11.3 Å². The lowest BCUT2D eigenvalue weighted by atomic mass is 9.95. The van der Waals surface area contributed by atoms with Gasteiger partial charge in [-0.2, -0.15) is 0 Å². The van der Waals surface area contributed by atoms with Crippen molar-refractivity contribution in [1.29, 1.82) is 0 Å². The van der Waals surface area contributed by atoms with Crippen LogP contribution in [-0.4, -0.2) is 38.1 Å². The van der Waals surface area contributed by atoms with Gasteiger partial charge in [0.15, 0.2) is 0 Å². The third-order valence-electron chi connectivity index (χ3n) is 4.44. The Hall–Kier alpha value is -1.85. The number of fused-ring (bicyclic) bond motifs is 1. The molecule has 0 bridgehead atoms. The maximum absolute atomic E-state index is 12.6. The minimum absolute atomic E-state index is 0.000878. The SMILES string of the molecule is CN(C)CCCOc1ccc(NC(=O)c2csc3c2CCCC3)cc1. The van der Waals surface area contributed by atoms with E-state index in [1.165, 1.54) is 23.3 Å². The van der Waals surface area contributed by atoms with Gasteiger partial charge in [-0.1, -0.05) is 0 Å². The van der Waals surface area contributed by atoms with Gasteiger partial charge in [0, 0.05) is 22.5 Å². The van der Waals surface area contributed by atoms with Crippen LogP contribution in [0.4, 0.5) is 5.69 Å². The molecule has 1 aliphatic rings. The average molecular weight is 359 g/mol. The van der Waals surface area contributed by atoms with E-state index in [-0.39, 0.29) is 5.91 Å². The summed E-state index contributed by atoms with van der Waals surface area (Å²) in [5.74, 6) is 0.837. The first-order valence-corrected chi connectivity index (χ1v) is 9.79. The molecule has 4 nitrogen and oxygen atoms in total. The first kappa shape index (κ1) is 18.0. The summed E-state index contributed by atoms with van der Waals surface area (Å²) in [7, 11) is 4.12. The standard InChI is InChI=1S/C20H26N2O2S/c1-22(2)12-5-13-24-16-10-8-15(9-11-16)21-20(23)18-14-25-19-7-4-3-6-17(18)19/h8-11,14H,3-7,12-13H2,1-2H3,(H,21,23). The molecule has 1 aromatic heterocycles. The van der Waals surface area contributed by atoms with Gasteiger partial charge in [-0.15, -0.1) is 11.3 Å². The van der Waals surface area contributed by atoms with E-state index in [1.807, 2.05) is 29.6 Å². The Morgan fingerprint density at radius 3 is 2.72 bits per heavy atom. The van der Waals surface area contributed by atoms with Crippen LogP contribution in [0.1, 0.15) is 40.1 Å². The summed E-state index contributed by atoms with van der Waals surface area (Å²) in [6, 6.07) is 7.62. The van der Waals surface area contributed by atoms with Crippen molar-refractivity contribution in [2.45, 2.75) is 32.1 Å². The summed E-state index contributed by atoms with van der Waals surface area (Å²) in [5.41, 5.74) is 2.92. The van der Waals surface area contributed by atoms with Gasteiger partial charge in [-0.3, -0.25) is 4.79 Å². The number of hydrogen-bond donors (Lipinski definition) is 1. The molecule has 0 saturated carbocycles. The third-order valence-corrected chi connectivity index (χ3v) is 5.53. The zero-order valence-corrected chi connectivity index (χ0v) is 15.8. The fraction of sp³-hybridized carbons (Fsp3) is 0.450. The van der Waals surface area contributed by atoms with E-state index in [4.69, 9.17) is 4.74 Å². The number of carbonyl (C=O) groups excluding carboxylic acids is 1. The van der Waals surface area contributed by atoms with Gasteiger partial charge < -0.3 is 15.0 Å². The second-order valence-corrected chi connectivity index (χ2v) is 7.71. The number of rotatable bonds is 7. The fourth-order valence-electron chi connectivity index (χ4n) is 3.09. The van der Waals surface area contributed by atoms with Crippen molar-refractivity contribution in [2.75, 3.05) is 32.6 Å². The zero-order chi connectivity index (χ0) is 17.6. The smallest absolute Gasteiger partial charge is 0.256 e. The van der Waals surface area contributed by atoms with E-state index >= 15 is 0 Å². The predicted octanol–water partition coefficient (Wildman–Crippen LogP) is 4.21. The molecule has 0 aliphatic heterocycles. The Labute approximate surface area is 153 Å². The molecule has 0 saturated heterocycles. The lowest BCUT2D eigenvalue weighted by molar-refractivity contribution is 0.102. The molecule has 25 heavy (non-hydrogen) atoms. The Morgan fingerprint density at radius 2 is 1.96 bits per heavy atom. The van der Waals surface area contributed by atoms with Crippen LogP contribution in [0.3, 0.4) is 0 Å². The van der Waals surface area contributed by atoms with Crippen LogP contribution in [0, 0.1) is 0 Å². The first-order chi connectivity index (χ1) is 12.1. The number of hydrogen-bond acceptors (Lipinski definition) is 4. The molecule has 1 aromatic carbocycles. The minimum atomic E-state index is -0.000878. The fourth-order valence-corrected chi connectivity index (χ4v) is 4.21. The Bertz CT molecular complexity index is 707. The van der Waals surface area contributed by atoms with E-state index in [9.17, 15) is 4.79 Å². The largest absolute Gasteiger partial charge is 0.494 e. The molecule has 1 amide bonds. The van der Waals surface area contributed by atoms with E-state index < -0.39 is 0 Å². The van der Waals surface area contributed by atoms with Gasteiger partial charge in [0.1, 0.15) is 5.75 Å². The van der Waals surface area contributed by atoms with Crippen LogP contribution >= 0.6 is 11.3 Å². The summed E-state index contributed by atoms with van der Waals surface area (Å²) < 4.78 is 5.73. The van der Waals surface area contributed by atoms with Crippen molar-refractivity contribution in [3.8, 4) is 5.75 Å². The van der Waals surface area contributed by atoms with E-state index in [2.05, 4.69) is 24.3 Å². The molecular formula is C20H26N2O2S. The van der Waals surface area contributed by atoms with Gasteiger partial charge in [-0.25, -0.2) is 0 Å². The summed E-state index contributed by atoms with van der Waals surface area (Å²) in [6.07, 6.45) is 5.57. The lowest BCUT2D eigenvalue weighted by Gasteiger charge is -2.13. The molecule has 5 heteroatoms. The van der Waals surface area contributed by atoms with Crippen LogP contribution < -0.4 is 10.1 Å². The Balaban J connectivity index is 1.54. The van der Waals surface area contributed by atoms with Crippen LogP contribution in [0.5, 0.6) is 5.75 Å². The maximum Gasteiger partial charge on any atom is 0.256 e. The minimum Gasteiger partial charge on any atom is -0.494 e. The van der Waals surface area contributed by atoms with Gasteiger partial charge >= 0.3 is 0 Å². The molecule has 0 fully saturated rings. The number of aryl methyl sites for hydroxylation is 1. The highest BCUT2D eigenvalue weighted by atomic mass is 32.1. The predicted molar refractivity (Wildman–Crippen MR) is 104 cm³/mol. The maximum atomic E-state index is 12.6. The van der Waals surface area contributed by atoms with Crippen molar-refractivity contribution in [3.05, 3.63) is 45.6 Å². The number of amides is 1. The molecular weight excluding hydrogens is 332 g/mol. The molecule has 0 spiro atoms. The van der Waals surface area contributed by atoms with Crippen molar-refractivity contribution in [2.24, 2.45) is 0 Å². The van der Waals surface area contributed by atoms with E-state index in [0.29, 0.717) is 6.61 Å². The second-order valence-electron chi connectivity index (χ2n) is 6.74. The second kappa shape index (κ2) is 8.50. The van der Waals surface area contributed by atoms with Gasteiger partial charge in [0.05, 0.1) is 12.2 Å². The zero-order valence-electron chi connectivity index (χ0n) is 15.0. The number of ether oxygens (including phenoxy) is 1. The molecule has 0 unspecified atom stereocenters. The number of thiophene rings is 1. The molecule has 1 aliphatic carbocycles. The first-order valence-electron chi connectivity index (χ1n) is 8.91. The lowest BCUT2D eigenvalue weighted by Crippen LogP contribution is -2.15. The van der Waals surface area contributed by atoms with Crippen molar-refractivity contribution < 1.29 is 9.53 Å². The van der Waals surface area contributed by atoms with Crippen LogP contribution in [0.25, 0.3) is 0 Å². The summed E-state index contributed by atoms with van der Waals surface area (Å²) in [4.78, 5) is 16.1. The number of benzene rings is 1. The van der Waals surface area contributed by atoms with Crippen molar-refractivity contribution in [1.82, 2.24) is 4.90 Å². The number of anilines is 1. The van der Waals surface area contributed by atoms with Crippen LogP contribution in [0.2, 0.25) is 0 Å². The molecule has 1 heterocycles. The topological polar surface area (TPSA) is 41.6 Å². The number of carbonyl (C=O) groups is 1. The average Bonchev–Trinajstić information content (AvgIpc) is 3.04. The molecule has 134 valence electrons. The highest BCUT2D eigenvalue weighted by Gasteiger charge is 2.20. The summed E-state index contributed by atoms with van der Waals surface area (Å²) in [5, 5.41) is 5.02. The molecule has 0 atom stereocenters. The van der Waals surface area contributed by atoms with Gasteiger partial charge in [-0.05, 0) is 76.0 Å². The normalized spacial score (nSPS) is 13.6. The van der Waals surface area contributed by atoms with Crippen LogP contribution in [0.15, 0.2) is 29.6 Å². The van der Waals surface area contributed by atoms with E-state index in [0.717, 1.165) is 42.8 Å².